The van der Waals surface area contributed by atoms with E-state index >= 15 is 0 Å². The normalized spacial score (nSPS) is 12.7. The van der Waals surface area contributed by atoms with Gasteiger partial charge in [-0.05, 0) is 6.07 Å². The van der Waals surface area contributed by atoms with Gasteiger partial charge >= 0.3 is 0 Å². The van der Waals surface area contributed by atoms with Gasteiger partial charge in [0.2, 0.25) is 0 Å². The molecule has 0 fully saturated rings. The number of rotatable bonds is 5. The van der Waals surface area contributed by atoms with Crippen LogP contribution in [0.3, 0.4) is 0 Å². The summed E-state index contributed by atoms with van der Waals surface area (Å²) in [5.41, 5.74) is 0.692. The first-order valence-electron chi connectivity index (χ1n) is 5.73. The van der Waals surface area contributed by atoms with Crippen molar-refractivity contribution in [2.75, 3.05) is 13.7 Å². The molecular formula is C12H12Cl3N3O2. The van der Waals surface area contributed by atoms with Crippen molar-refractivity contribution >= 4 is 34.8 Å². The molecule has 0 radical (unpaired) electrons. The molecular weight excluding hydrogens is 325 g/mol. The van der Waals surface area contributed by atoms with Crippen LogP contribution in [0.4, 0.5) is 0 Å². The number of aliphatic hydroxyl groups excluding tert-OH is 1. The molecule has 0 amide bonds. The number of aliphatic hydroxyl groups is 1. The van der Waals surface area contributed by atoms with E-state index in [4.69, 9.17) is 39.5 Å². The van der Waals surface area contributed by atoms with Gasteiger partial charge in [0.1, 0.15) is 6.10 Å². The molecule has 20 heavy (non-hydrogen) atoms. The van der Waals surface area contributed by atoms with Crippen LogP contribution in [0.25, 0.3) is 0 Å². The molecule has 0 saturated carbocycles. The molecule has 8 heteroatoms. The topological polar surface area (TPSA) is 60.2 Å². The smallest absolute Gasteiger partial charge is 0.140 e. The number of halogens is 3. The highest BCUT2D eigenvalue weighted by atomic mass is 35.5. The third-order valence-electron chi connectivity index (χ3n) is 2.69. The first-order chi connectivity index (χ1) is 9.54. The molecule has 108 valence electrons. The summed E-state index contributed by atoms with van der Waals surface area (Å²) in [7, 11) is 1.58. The third-order valence-corrected chi connectivity index (χ3v) is 3.50. The second-order valence-corrected chi connectivity index (χ2v) is 5.27. The second kappa shape index (κ2) is 6.74. The Bertz CT molecular complexity index is 604. The van der Waals surface area contributed by atoms with E-state index in [0.717, 1.165) is 0 Å². The largest absolute Gasteiger partial charge is 0.383 e. The minimum atomic E-state index is -1.09. The van der Waals surface area contributed by atoms with Crippen LogP contribution in [0, 0.1) is 0 Å². The summed E-state index contributed by atoms with van der Waals surface area (Å²) >= 11 is 17.9. The van der Waals surface area contributed by atoms with Crippen LogP contribution >= 0.6 is 34.8 Å². The van der Waals surface area contributed by atoms with Crippen LogP contribution in [0.2, 0.25) is 15.1 Å². The van der Waals surface area contributed by atoms with Crippen molar-refractivity contribution < 1.29 is 9.84 Å². The highest BCUT2D eigenvalue weighted by Crippen LogP contribution is 2.31. The Labute approximate surface area is 131 Å². The fraction of sp³-hybridized carbons (Fsp3) is 0.333. The molecule has 5 nitrogen and oxygen atoms in total. The highest BCUT2D eigenvalue weighted by molar-refractivity contribution is 6.35. The van der Waals surface area contributed by atoms with Gasteiger partial charge in [0.05, 0.1) is 45.8 Å². The van der Waals surface area contributed by atoms with Gasteiger partial charge in [0.15, 0.2) is 0 Å². The molecule has 0 aliphatic carbocycles. The first-order valence-corrected chi connectivity index (χ1v) is 6.87. The minimum Gasteiger partial charge on any atom is -0.383 e. The molecule has 0 aliphatic heterocycles. The van der Waals surface area contributed by atoms with E-state index in [-0.39, 0.29) is 10.7 Å². The Balaban J connectivity index is 2.37. The van der Waals surface area contributed by atoms with Crippen LogP contribution in [0.5, 0.6) is 0 Å². The van der Waals surface area contributed by atoms with Gasteiger partial charge < -0.3 is 9.84 Å². The van der Waals surface area contributed by atoms with Crippen molar-refractivity contribution in [2.45, 2.75) is 12.6 Å². The van der Waals surface area contributed by atoms with Gasteiger partial charge in [0, 0.05) is 13.3 Å². The number of ether oxygens (including phenoxy) is 1. The first kappa shape index (κ1) is 15.5. The van der Waals surface area contributed by atoms with E-state index < -0.39 is 6.10 Å². The Morgan fingerprint density at radius 2 is 2.05 bits per heavy atom. The summed E-state index contributed by atoms with van der Waals surface area (Å²) in [4.78, 5) is 4.05. The lowest BCUT2D eigenvalue weighted by atomic mass is 10.1. The van der Waals surface area contributed by atoms with Gasteiger partial charge in [-0.1, -0.05) is 34.8 Å². The fourth-order valence-corrected chi connectivity index (χ4v) is 2.48. The van der Waals surface area contributed by atoms with E-state index in [9.17, 15) is 5.11 Å². The standard InChI is InChI=1S/C12H12Cl3N3O2/c1-20-3-2-18-11(9(15)6-17-18)12(19)10-8(14)4-7(13)5-16-10/h4-6,12,19H,2-3H2,1H3. The zero-order chi connectivity index (χ0) is 14.7. The lowest BCUT2D eigenvalue weighted by Crippen LogP contribution is -2.14. The predicted molar refractivity (Wildman–Crippen MR) is 77.4 cm³/mol. The van der Waals surface area contributed by atoms with Crippen LogP contribution < -0.4 is 0 Å². The molecule has 2 aromatic rings. The number of hydrogen-bond donors (Lipinski definition) is 1. The average Bonchev–Trinajstić information content (AvgIpc) is 2.77. The highest BCUT2D eigenvalue weighted by Gasteiger charge is 2.23. The summed E-state index contributed by atoms with van der Waals surface area (Å²) in [6, 6.07) is 1.51. The molecule has 2 rings (SSSR count). The monoisotopic (exact) mass is 335 g/mol. The van der Waals surface area contributed by atoms with Crippen LogP contribution in [0.1, 0.15) is 17.5 Å². The van der Waals surface area contributed by atoms with Crippen molar-refractivity contribution in [3.05, 3.63) is 44.9 Å². The number of nitrogens with zero attached hydrogens (tertiary/aromatic N) is 3. The summed E-state index contributed by atoms with van der Waals surface area (Å²) < 4.78 is 6.55. The van der Waals surface area contributed by atoms with Crippen molar-refractivity contribution in [3.8, 4) is 0 Å². The zero-order valence-corrected chi connectivity index (χ0v) is 12.8. The van der Waals surface area contributed by atoms with Gasteiger partial charge in [-0.25, -0.2) is 0 Å². The number of hydrogen-bond acceptors (Lipinski definition) is 4. The molecule has 2 aromatic heterocycles. The lowest BCUT2D eigenvalue weighted by molar-refractivity contribution is 0.170. The molecule has 0 aromatic carbocycles. The van der Waals surface area contributed by atoms with Crippen LogP contribution in [-0.2, 0) is 11.3 Å². The lowest BCUT2D eigenvalue weighted by Gasteiger charge is -2.14. The molecule has 1 unspecified atom stereocenters. The van der Waals surface area contributed by atoms with Crippen LogP contribution in [0.15, 0.2) is 18.5 Å². The van der Waals surface area contributed by atoms with Crippen molar-refractivity contribution in [2.24, 2.45) is 0 Å². The molecule has 1 atom stereocenters. The quantitative estimate of drug-likeness (QED) is 0.912. The Kier molecular flexibility index (Phi) is 5.23. The van der Waals surface area contributed by atoms with Gasteiger partial charge in [-0.2, -0.15) is 5.10 Å². The Hall–Kier alpha value is -0.850. The van der Waals surface area contributed by atoms with Gasteiger partial charge in [-0.3, -0.25) is 9.67 Å². The van der Waals surface area contributed by atoms with Gasteiger partial charge in [0.25, 0.3) is 0 Å². The number of aromatic nitrogens is 3. The van der Waals surface area contributed by atoms with Crippen molar-refractivity contribution in [3.63, 3.8) is 0 Å². The van der Waals surface area contributed by atoms with E-state index in [1.807, 2.05) is 0 Å². The summed E-state index contributed by atoms with van der Waals surface area (Å²) in [6.07, 6.45) is 1.78. The predicted octanol–water partition coefficient (Wildman–Crippen LogP) is 2.97. The number of pyridine rings is 1. The van der Waals surface area contributed by atoms with Crippen molar-refractivity contribution in [1.82, 2.24) is 14.8 Å². The maximum atomic E-state index is 10.4. The summed E-state index contributed by atoms with van der Waals surface area (Å²) in [6.45, 7) is 0.903. The molecule has 0 saturated heterocycles. The zero-order valence-electron chi connectivity index (χ0n) is 10.6. The molecule has 0 spiro atoms. The molecule has 0 bridgehead atoms. The Morgan fingerprint density at radius 3 is 2.70 bits per heavy atom. The van der Waals surface area contributed by atoms with E-state index in [2.05, 4.69) is 10.1 Å². The number of methoxy groups -OCH3 is 1. The Morgan fingerprint density at radius 1 is 1.30 bits per heavy atom. The summed E-state index contributed by atoms with van der Waals surface area (Å²) in [5, 5.41) is 15.5. The van der Waals surface area contributed by atoms with Gasteiger partial charge in [-0.15, -0.1) is 0 Å². The second-order valence-electron chi connectivity index (χ2n) is 4.02. The van der Waals surface area contributed by atoms with E-state index in [1.54, 1.807) is 11.8 Å². The fourth-order valence-electron chi connectivity index (χ4n) is 1.76. The third kappa shape index (κ3) is 3.24. The maximum absolute atomic E-state index is 10.4. The van der Waals surface area contributed by atoms with Crippen LogP contribution in [-0.4, -0.2) is 33.6 Å². The SMILES string of the molecule is COCCn1ncc(Cl)c1C(O)c1ncc(Cl)cc1Cl. The van der Waals surface area contributed by atoms with E-state index in [0.29, 0.717) is 28.9 Å². The molecule has 2 heterocycles. The van der Waals surface area contributed by atoms with E-state index in [1.165, 1.54) is 18.5 Å². The van der Waals surface area contributed by atoms with Crippen molar-refractivity contribution in [1.29, 1.82) is 0 Å². The maximum Gasteiger partial charge on any atom is 0.140 e. The average molecular weight is 337 g/mol. The molecule has 0 aliphatic rings. The minimum absolute atomic E-state index is 0.264. The summed E-state index contributed by atoms with van der Waals surface area (Å²) in [5.74, 6) is 0. The molecule has 1 N–H and O–H groups in total.